The maximum absolute atomic E-state index is 13.5. The standard InChI is InChI=1S/C26H22F2N4O/c27-22-10-8-18(15-23(22)28)12-14-30-25-21(26(33)31-17-19-5-4-13-29-16-19)9-11-24(32-25)20-6-2-1-3-7-20/h1-11,13,15-16H,12,14,17H2,(H,30,32)(H,31,33). The van der Waals surface area contributed by atoms with Crippen molar-refractivity contribution in [1.29, 1.82) is 0 Å². The van der Waals surface area contributed by atoms with Gasteiger partial charge in [-0.05, 0) is 47.9 Å². The van der Waals surface area contributed by atoms with Crippen molar-refractivity contribution < 1.29 is 13.6 Å². The molecule has 0 aliphatic carbocycles. The maximum atomic E-state index is 13.5. The minimum Gasteiger partial charge on any atom is -0.369 e. The summed E-state index contributed by atoms with van der Waals surface area (Å²) in [6.45, 7) is 0.723. The Kier molecular flexibility index (Phi) is 6.99. The minimum atomic E-state index is -0.882. The summed E-state index contributed by atoms with van der Waals surface area (Å²) in [5.74, 6) is -1.62. The first-order valence-corrected chi connectivity index (χ1v) is 10.5. The molecule has 2 N–H and O–H groups in total. The number of benzene rings is 2. The Morgan fingerprint density at radius 3 is 2.48 bits per heavy atom. The van der Waals surface area contributed by atoms with Gasteiger partial charge in [0.25, 0.3) is 5.91 Å². The molecule has 166 valence electrons. The Morgan fingerprint density at radius 2 is 1.73 bits per heavy atom. The third-order valence-corrected chi connectivity index (χ3v) is 5.08. The molecule has 7 heteroatoms. The molecule has 1 amide bonds. The van der Waals surface area contributed by atoms with E-state index in [0.29, 0.717) is 36.5 Å². The van der Waals surface area contributed by atoms with Crippen LogP contribution in [0.5, 0.6) is 0 Å². The van der Waals surface area contributed by atoms with Gasteiger partial charge in [-0.25, -0.2) is 13.8 Å². The van der Waals surface area contributed by atoms with Crippen LogP contribution in [-0.2, 0) is 13.0 Å². The summed E-state index contributed by atoms with van der Waals surface area (Å²) in [4.78, 5) is 21.6. The predicted molar refractivity (Wildman–Crippen MR) is 124 cm³/mol. The molecule has 0 bridgehead atoms. The van der Waals surface area contributed by atoms with Gasteiger partial charge < -0.3 is 10.6 Å². The van der Waals surface area contributed by atoms with Crippen LogP contribution in [0.2, 0.25) is 0 Å². The summed E-state index contributed by atoms with van der Waals surface area (Å²) in [7, 11) is 0. The molecule has 0 unspecified atom stereocenters. The third-order valence-electron chi connectivity index (χ3n) is 5.08. The van der Waals surface area contributed by atoms with Crippen molar-refractivity contribution in [3.8, 4) is 11.3 Å². The van der Waals surface area contributed by atoms with Crippen molar-refractivity contribution in [2.75, 3.05) is 11.9 Å². The highest BCUT2D eigenvalue weighted by molar-refractivity contribution is 5.99. The van der Waals surface area contributed by atoms with Gasteiger partial charge in [0.1, 0.15) is 5.82 Å². The number of carbonyl (C=O) groups is 1. The molecule has 33 heavy (non-hydrogen) atoms. The Balaban J connectivity index is 1.53. The van der Waals surface area contributed by atoms with E-state index in [9.17, 15) is 13.6 Å². The SMILES string of the molecule is O=C(NCc1cccnc1)c1ccc(-c2ccccc2)nc1NCCc1ccc(F)c(F)c1. The van der Waals surface area contributed by atoms with E-state index in [-0.39, 0.29) is 5.91 Å². The Hall–Kier alpha value is -4.13. The van der Waals surface area contributed by atoms with Gasteiger partial charge in [-0.3, -0.25) is 9.78 Å². The fourth-order valence-corrected chi connectivity index (χ4v) is 3.35. The summed E-state index contributed by atoms with van der Waals surface area (Å²) in [5, 5.41) is 6.07. The molecule has 5 nitrogen and oxygen atoms in total. The Labute approximate surface area is 190 Å². The normalized spacial score (nSPS) is 10.6. The number of hydrogen-bond acceptors (Lipinski definition) is 4. The number of amides is 1. The van der Waals surface area contributed by atoms with Crippen LogP contribution >= 0.6 is 0 Å². The average Bonchev–Trinajstić information content (AvgIpc) is 2.86. The zero-order valence-electron chi connectivity index (χ0n) is 17.8. The van der Waals surface area contributed by atoms with Crippen LogP contribution in [0.3, 0.4) is 0 Å². The molecule has 0 atom stereocenters. The largest absolute Gasteiger partial charge is 0.369 e. The number of anilines is 1. The van der Waals surface area contributed by atoms with Gasteiger partial charge in [0, 0.05) is 31.0 Å². The molecule has 0 aliphatic rings. The van der Waals surface area contributed by atoms with Crippen LogP contribution in [-0.4, -0.2) is 22.4 Å². The fourth-order valence-electron chi connectivity index (χ4n) is 3.35. The fraction of sp³-hybridized carbons (Fsp3) is 0.115. The number of pyridine rings is 2. The van der Waals surface area contributed by atoms with Crippen LogP contribution in [0.1, 0.15) is 21.5 Å². The van der Waals surface area contributed by atoms with E-state index in [2.05, 4.69) is 20.6 Å². The van der Waals surface area contributed by atoms with E-state index in [0.717, 1.165) is 22.9 Å². The highest BCUT2D eigenvalue weighted by Gasteiger charge is 2.14. The summed E-state index contributed by atoms with van der Waals surface area (Å²) < 4.78 is 26.7. The third kappa shape index (κ3) is 5.77. The molecule has 4 aromatic rings. The van der Waals surface area contributed by atoms with Gasteiger partial charge in [-0.2, -0.15) is 0 Å². The lowest BCUT2D eigenvalue weighted by atomic mass is 10.1. The number of nitrogens with zero attached hydrogens (tertiary/aromatic N) is 2. The average molecular weight is 444 g/mol. The highest BCUT2D eigenvalue weighted by atomic mass is 19.2. The summed E-state index contributed by atoms with van der Waals surface area (Å²) >= 11 is 0. The number of nitrogens with one attached hydrogen (secondary N) is 2. The second-order valence-corrected chi connectivity index (χ2v) is 7.43. The molecular weight excluding hydrogens is 422 g/mol. The number of hydrogen-bond donors (Lipinski definition) is 2. The lowest BCUT2D eigenvalue weighted by Gasteiger charge is -2.13. The first kappa shape index (κ1) is 22.1. The van der Waals surface area contributed by atoms with Crippen molar-refractivity contribution in [3.05, 3.63) is 114 Å². The number of halogens is 2. The van der Waals surface area contributed by atoms with Crippen molar-refractivity contribution in [1.82, 2.24) is 15.3 Å². The lowest BCUT2D eigenvalue weighted by molar-refractivity contribution is 0.0951. The van der Waals surface area contributed by atoms with Gasteiger partial charge in [0.15, 0.2) is 11.6 Å². The summed E-state index contributed by atoms with van der Waals surface area (Å²) in [6, 6.07) is 20.7. The Bertz CT molecular complexity index is 1230. The van der Waals surface area contributed by atoms with Gasteiger partial charge in [0.05, 0.1) is 11.3 Å². The van der Waals surface area contributed by atoms with Crippen molar-refractivity contribution >= 4 is 11.7 Å². The molecule has 0 radical (unpaired) electrons. The van der Waals surface area contributed by atoms with Crippen LogP contribution in [0.25, 0.3) is 11.3 Å². The number of rotatable bonds is 8. The van der Waals surface area contributed by atoms with E-state index >= 15 is 0 Å². The lowest BCUT2D eigenvalue weighted by Crippen LogP contribution is -2.24. The van der Waals surface area contributed by atoms with Crippen LogP contribution < -0.4 is 10.6 Å². The van der Waals surface area contributed by atoms with E-state index in [1.165, 1.54) is 12.1 Å². The van der Waals surface area contributed by atoms with E-state index in [4.69, 9.17) is 0 Å². The first-order chi connectivity index (χ1) is 16.1. The quantitative estimate of drug-likeness (QED) is 0.401. The zero-order valence-corrected chi connectivity index (χ0v) is 17.8. The zero-order chi connectivity index (χ0) is 23.0. The van der Waals surface area contributed by atoms with Crippen LogP contribution in [0.4, 0.5) is 14.6 Å². The second kappa shape index (κ2) is 10.5. The minimum absolute atomic E-state index is 0.277. The first-order valence-electron chi connectivity index (χ1n) is 10.5. The number of aromatic nitrogens is 2. The highest BCUT2D eigenvalue weighted by Crippen LogP contribution is 2.22. The smallest absolute Gasteiger partial charge is 0.255 e. The summed E-state index contributed by atoms with van der Waals surface area (Å²) in [6.07, 6.45) is 3.80. The molecular formula is C26H22F2N4O. The van der Waals surface area contributed by atoms with E-state index in [1.54, 1.807) is 24.5 Å². The number of carbonyl (C=O) groups excluding carboxylic acids is 1. The molecule has 0 saturated heterocycles. The maximum Gasteiger partial charge on any atom is 0.255 e. The molecule has 2 aromatic heterocycles. The molecule has 2 heterocycles. The molecule has 2 aromatic carbocycles. The van der Waals surface area contributed by atoms with E-state index < -0.39 is 11.6 Å². The molecule has 0 spiro atoms. The molecule has 0 fully saturated rings. The van der Waals surface area contributed by atoms with Gasteiger partial charge >= 0.3 is 0 Å². The summed E-state index contributed by atoms with van der Waals surface area (Å²) in [5.41, 5.74) is 3.55. The second-order valence-electron chi connectivity index (χ2n) is 7.43. The molecule has 4 rings (SSSR count). The van der Waals surface area contributed by atoms with Crippen molar-refractivity contribution in [2.45, 2.75) is 13.0 Å². The molecule has 0 aliphatic heterocycles. The van der Waals surface area contributed by atoms with Crippen LogP contribution in [0.15, 0.2) is 85.2 Å². The predicted octanol–water partition coefficient (Wildman–Crippen LogP) is 5.01. The van der Waals surface area contributed by atoms with Gasteiger partial charge in [-0.1, -0.05) is 42.5 Å². The topological polar surface area (TPSA) is 66.9 Å². The molecule has 0 saturated carbocycles. The van der Waals surface area contributed by atoms with Gasteiger partial charge in [0.2, 0.25) is 0 Å². The monoisotopic (exact) mass is 444 g/mol. The van der Waals surface area contributed by atoms with Crippen molar-refractivity contribution in [3.63, 3.8) is 0 Å². The van der Waals surface area contributed by atoms with Gasteiger partial charge in [-0.15, -0.1) is 0 Å². The van der Waals surface area contributed by atoms with Crippen LogP contribution in [0, 0.1) is 11.6 Å². The Morgan fingerprint density at radius 1 is 0.879 bits per heavy atom. The van der Waals surface area contributed by atoms with E-state index in [1.807, 2.05) is 42.5 Å². The van der Waals surface area contributed by atoms with Crippen molar-refractivity contribution in [2.24, 2.45) is 0 Å².